The highest BCUT2D eigenvalue weighted by Crippen LogP contribution is 2.28. The highest BCUT2D eigenvalue weighted by Gasteiger charge is 2.27. The Balaban J connectivity index is 1.32. The third kappa shape index (κ3) is 6.75. The van der Waals surface area contributed by atoms with Gasteiger partial charge in [0.25, 0.3) is 5.91 Å². The summed E-state index contributed by atoms with van der Waals surface area (Å²) < 4.78 is 17.3. The molecule has 4 rings (SSSR count). The van der Waals surface area contributed by atoms with Gasteiger partial charge in [0.05, 0.1) is 24.3 Å². The zero-order chi connectivity index (χ0) is 24.6. The van der Waals surface area contributed by atoms with Gasteiger partial charge in [-0.15, -0.1) is 0 Å². The quantitative estimate of drug-likeness (QED) is 0.528. The Kier molecular flexibility index (Phi) is 9.01. The van der Waals surface area contributed by atoms with E-state index in [1.54, 1.807) is 30.2 Å². The number of aliphatic hydroxyl groups excluding tert-OH is 1. The third-order valence-electron chi connectivity index (χ3n) is 6.85. The van der Waals surface area contributed by atoms with Gasteiger partial charge < -0.3 is 24.2 Å². The van der Waals surface area contributed by atoms with E-state index in [0.29, 0.717) is 43.4 Å². The molecule has 2 aliphatic heterocycles. The molecular weight excluding hydrogens is 444 g/mol. The lowest BCUT2D eigenvalue weighted by Crippen LogP contribution is -2.44. The summed E-state index contributed by atoms with van der Waals surface area (Å²) in [5.41, 5.74) is 3.21. The number of fused-ring (bicyclic) bond motifs is 2. The molecule has 0 saturated heterocycles. The fourth-order valence-electron chi connectivity index (χ4n) is 4.81. The first-order chi connectivity index (χ1) is 17.1. The summed E-state index contributed by atoms with van der Waals surface area (Å²) in [6, 6.07) is 13.8. The second kappa shape index (κ2) is 12.4. The third-order valence-corrected chi connectivity index (χ3v) is 6.85. The van der Waals surface area contributed by atoms with E-state index in [1.165, 1.54) is 11.1 Å². The van der Waals surface area contributed by atoms with E-state index in [9.17, 15) is 9.90 Å². The minimum absolute atomic E-state index is 0.0432. The fraction of sp³-hybridized carbons (Fsp3) is 0.536. The number of hydrogen-bond acceptors (Lipinski definition) is 6. The molecule has 2 aliphatic rings. The molecule has 2 atom stereocenters. The molecule has 35 heavy (non-hydrogen) atoms. The van der Waals surface area contributed by atoms with Crippen molar-refractivity contribution in [2.75, 3.05) is 46.5 Å². The number of nitrogens with zero attached hydrogens (tertiary/aromatic N) is 2. The smallest absolute Gasteiger partial charge is 0.257 e. The Morgan fingerprint density at radius 2 is 1.94 bits per heavy atom. The van der Waals surface area contributed by atoms with E-state index in [-0.39, 0.29) is 18.6 Å². The fourth-order valence-corrected chi connectivity index (χ4v) is 4.81. The van der Waals surface area contributed by atoms with Crippen LogP contribution in [-0.2, 0) is 17.7 Å². The maximum Gasteiger partial charge on any atom is 0.257 e. The zero-order valence-corrected chi connectivity index (χ0v) is 20.9. The predicted molar refractivity (Wildman–Crippen MR) is 135 cm³/mol. The van der Waals surface area contributed by atoms with Crippen LogP contribution in [0.2, 0.25) is 0 Å². The molecule has 2 heterocycles. The van der Waals surface area contributed by atoms with Crippen molar-refractivity contribution in [2.24, 2.45) is 0 Å². The minimum Gasteiger partial charge on any atom is -0.491 e. The van der Waals surface area contributed by atoms with Gasteiger partial charge in [0, 0.05) is 39.4 Å². The van der Waals surface area contributed by atoms with Gasteiger partial charge in [-0.3, -0.25) is 9.69 Å². The summed E-state index contributed by atoms with van der Waals surface area (Å²) >= 11 is 0. The van der Waals surface area contributed by atoms with E-state index < -0.39 is 6.10 Å². The zero-order valence-electron chi connectivity index (χ0n) is 20.9. The molecule has 7 heteroatoms. The van der Waals surface area contributed by atoms with Gasteiger partial charge in [-0.1, -0.05) is 44.0 Å². The van der Waals surface area contributed by atoms with Crippen molar-refractivity contribution in [3.05, 3.63) is 59.2 Å². The second-order valence-corrected chi connectivity index (χ2v) is 9.48. The standard InChI is InChI=1S/C28H38N2O5/c1-3-4-9-25(33-2)20-35-24-10-11-26-27(16-24)34-15-14-30(28(26)32)19-23(31)18-29-13-12-21-7-5-6-8-22(21)17-29/h5-8,10-11,16,23,25,31H,3-4,9,12-15,17-20H2,1-2H3. The van der Waals surface area contributed by atoms with Crippen molar-refractivity contribution < 1.29 is 24.1 Å². The van der Waals surface area contributed by atoms with Crippen LogP contribution in [0.4, 0.5) is 0 Å². The Morgan fingerprint density at radius 1 is 1.11 bits per heavy atom. The summed E-state index contributed by atoms with van der Waals surface area (Å²) in [6.07, 6.45) is 3.57. The number of carbonyl (C=O) groups excluding carboxylic acids is 1. The SMILES string of the molecule is CCCCC(COc1ccc2c(c1)OCCN(CC(O)CN1CCc3ccccc3C1)C2=O)OC. The van der Waals surface area contributed by atoms with Crippen molar-refractivity contribution in [2.45, 2.75) is 51.4 Å². The Bertz CT molecular complexity index is 982. The second-order valence-electron chi connectivity index (χ2n) is 9.48. The van der Waals surface area contributed by atoms with Gasteiger partial charge in [0.1, 0.15) is 24.7 Å². The number of unbranched alkanes of at least 4 members (excludes halogenated alkanes) is 1. The highest BCUT2D eigenvalue weighted by molar-refractivity contribution is 5.97. The molecule has 0 saturated carbocycles. The predicted octanol–water partition coefficient (Wildman–Crippen LogP) is 3.52. The van der Waals surface area contributed by atoms with Crippen molar-refractivity contribution in [3.63, 3.8) is 0 Å². The number of β-amino-alcohol motifs (C(OH)–C–C–N with tert-alkyl or cyclic N) is 1. The number of rotatable bonds is 11. The molecule has 1 amide bonds. The van der Waals surface area contributed by atoms with Crippen LogP contribution in [-0.4, -0.2) is 79.5 Å². The minimum atomic E-state index is -0.623. The van der Waals surface area contributed by atoms with Gasteiger partial charge in [0.15, 0.2) is 0 Å². The molecule has 0 fully saturated rings. The molecule has 0 aromatic heterocycles. The van der Waals surface area contributed by atoms with Crippen LogP contribution in [0.1, 0.15) is 47.7 Å². The Labute approximate surface area is 208 Å². The Hall–Kier alpha value is -2.61. The highest BCUT2D eigenvalue weighted by atomic mass is 16.5. The lowest BCUT2D eigenvalue weighted by molar-refractivity contribution is 0.0501. The number of carbonyl (C=O) groups is 1. The largest absolute Gasteiger partial charge is 0.491 e. The number of amides is 1. The lowest BCUT2D eigenvalue weighted by atomic mass is 10.00. The molecule has 0 bridgehead atoms. The summed E-state index contributed by atoms with van der Waals surface area (Å²) in [6.45, 7) is 6.00. The van der Waals surface area contributed by atoms with Crippen molar-refractivity contribution >= 4 is 5.91 Å². The average Bonchev–Trinajstić information content (AvgIpc) is 3.02. The molecule has 0 radical (unpaired) electrons. The molecule has 7 nitrogen and oxygen atoms in total. The summed E-state index contributed by atoms with van der Waals surface area (Å²) in [5, 5.41) is 10.8. The normalized spacial score (nSPS) is 17.7. The molecule has 0 spiro atoms. The average molecular weight is 483 g/mol. The van der Waals surface area contributed by atoms with E-state index in [2.05, 4.69) is 36.1 Å². The summed E-state index contributed by atoms with van der Waals surface area (Å²) in [5.74, 6) is 1.07. The monoisotopic (exact) mass is 482 g/mol. The van der Waals surface area contributed by atoms with E-state index >= 15 is 0 Å². The maximum absolute atomic E-state index is 13.2. The van der Waals surface area contributed by atoms with Crippen molar-refractivity contribution in [1.29, 1.82) is 0 Å². The maximum atomic E-state index is 13.2. The van der Waals surface area contributed by atoms with Crippen molar-refractivity contribution in [3.8, 4) is 11.5 Å². The van der Waals surface area contributed by atoms with Crippen LogP contribution in [0.15, 0.2) is 42.5 Å². The lowest BCUT2D eigenvalue weighted by Gasteiger charge is -2.32. The molecule has 2 aromatic carbocycles. The molecule has 1 N–H and O–H groups in total. The number of ether oxygens (including phenoxy) is 3. The molecule has 2 aromatic rings. The molecular formula is C28H38N2O5. The van der Waals surface area contributed by atoms with Crippen LogP contribution < -0.4 is 9.47 Å². The van der Waals surface area contributed by atoms with Gasteiger partial charge in [-0.25, -0.2) is 0 Å². The van der Waals surface area contributed by atoms with Gasteiger partial charge in [-0.2, -0.15) is 0 Å². The van der Waals surface area contributed by atoms with Crippen LogP contribution >= 0.6 is 0 Å². The topological polar surface area (TPSA) is 71.5 Å². The van der Waals surface area contributed by atoms with Crippen LogP contribution in [0.3, 0.4) is 0 Å². The van der Waals surface area contributed by atoms with Crippen LogP contribution in [0.25, 0.3) is 0 Å². The summed E-state index contributed by atoms with van der Waals surface area (Å²) in [7, 11) is 1.70. The van der Waals surface area contributed by atoms with Gasteiger partial charge in [-0.05, 0) is 36.1 Å². The van der Waals surface area contributed by atoms with Crippen LogP contribution in [0.5, 0.6) is 11.5 Å². The van der Waals surface area contributed by atoms with E-state index in [0.717, 1.165) is 38.8 Å². The first kappa shape index (κ1) is 25.5. The van der Waals surface area contributed by atoms with E-state index in [1.807, 2.05) is 0 Å². The van der Waals surface area contributed by atoms with Crippen LogP contribution in [0, 0.1) is 0 Å². The van der Waals surface area contributed by atoms with Gasteiger partial charge >= 0.3 is 0 Å². The van der Waals surface area contributed by atoms with Crippen molar-refractivity contribution in [1.82, 2.24) is 9.80 Å². The first-order valence-corrected chi connectivity index (χ1v) is 12.8. The molecule has 0 aliphatic carbocycles. The summed E-state index contributed by atoms with van der Waals surface area (Å²) in [4.78, 5) is 17.2. The molecule has 190 valence electrons. The number of methoxy groups -OCH3 is 1. The number of benzene rings is 2. The number of aliphatic hydroxyl groups is 1. The Morgan fingerprint density at radius 3 is 2.74 bits per heavy atom. The number of hydrogen-bond donors (Lipinski definition) is 1. The first-order valence-electron chi connectivity index (χ1n) is 12.8. The van der Waals surface area contributed by atoms with Gasteiger partial charge in [0.2, 0.25) is 0 Å². The van der Waals surface area contributed by atoms with E-state index in [4.69, 9.17) is 14.2 Å². The molecule has 2 unspecified atom stereocenters.